The van der Waals surface area contributed by atoms with Crippen LogP contribution in [0.5, 0.6) is 0 Å². The van der Waals surface area contributed by atoms with E-state index < -0.39 is 0 Å². The van der Waals surface area contributed by atoms with Gasteiger partial charge >= 0.3 is 0 Å². The Morgan fingerprint density at radius 2 is 2.25 bits per heavy atom. The van der Waals surface area contributed by atoms with E-state index in [-0.39, 0.29) is 5.50 Å². The zero-order valence-corrected chi connectivity index (χ0v) is 5.81. The number of thiol groups is 1. The van der Waals surface area contributed by atoms with Crippen LogP contribution in [0.25, 0.3) is 0 Å². The van der Waals surface area contributed by atoms with Gasteiger partial charge in [-0.3, -0.25) is 0 Å². The highest BCUT2D eigenvalue weighted by Gasteiger charge is 2.04. The molecule has 0 bridgehead atoms. The Bertz CT molecular complexity index is 116. The molecule has 0 aromatic carbocycles. The molecule has 0 aromatic heterocycles. The number of rotatable bonds is 0. The molecule has 0 aromatic rings. The van der Waals surface area contributed by atoms with Crippen LogP contribution in [0.3, 0.4) is 0 Å². The zero-order chi connectivity index (χ0) is 5.98. The van der Waals surface area contributed by atoms with Crippen molar-refractivity contribution in [2.24, 2.45) is 0 Å². The first-order chi connectivity index (χ1) is 3.80. The molecule has 0 N–H and O–H groups in total. The van der Waals surface area contributed by atoms with Crippen LogP contribution >= 0.6 is 24.4 Å². The molecule has 1 heterocycles. The molecule has 1 atom stereocenters. The normalized spacial score (nSPS) is 26.8. The third kappa shape index (κ3) is 1.20. The molecule has 0 amide bonds. The predicted octanol–water partition coefficient (Wildman–Crippen LogP) is 1.78. The first-order valence-electron chi connectivity index (χ1n) is 2.27. The second-order valence-electron chi connectivity index (χ2n) is 1.48. The van der Waals surface area contributed by atoms with Crippen LogP contribution < -0.4 is 0 Å². The Hall–Kier alpha value is -0.0800. The first kappa shape index (κ1) is 6.05. The van der Waals surface area contributed by atoms with E-state index in [0.717, 1.165) is 0 Å². The van der Waals surface area contributed by atoms with Gasteiger partial charge in [0, 0.05) is 6.20 Å². The maximum Gasteiger partial charge on any atom is 0.132 e. The van der Waals surface area contributed by atoms with Gasteiger partial charge in [0.15, 0.2) is 0 Å². The average molecular weight is 148 g/mol. The first-order valence-corrected chi connectivity index (χ1v) is 3.10. The summed E-state index contributed by atoms with van der Waals surface area (Å²) < 4.78 is 1.63. The highest BCUT2D eigenvalue weighted by atomic mass is 35.5. The number of hydrogen-bond donors (Lipinski definition) is 1. The Balaban J connectivity index is 2.59. The summed E-state index contributed by atoms with van der Waals surface area (Å²) in [6.45, 7) is 0. The summed E-state index contributed by atoms with van der Waals surface area (Å²) in [7, 11) is 0. The molecular formula is C5H6ClNS. The van der Waals surface area contributed by atoms with Gasteiger partial charge in [-0.05, 0) is 12.2 Å². The minimum absolute atomic E-state index is 0.0941. The fraction of sp³-hybridized carbons (Fsp3) is 0.200. The van der Waals surface area contributed by atoms with Crippen LogP contribution in [0.4, 0.5) is 0 Å². The molecule has 1 aliphatic heterocycles. The number of nitrogens with zero attached hydrogens (tertiary/aromatic N) is 1. The van der Waals surface area contributed by atoms with Gasteiger partial charge in [0.1, 0.15) is 5.50 Å². The smallest absolute Gasteiger partial charge is 0.132 e. The topological polar surface area (TPSA) is 3.24 Å². The van der Waals surface area contributed by atoms with Gasteiger partial charge in [0.2, 0.25) is 0 Å². The lowest BCUT2D eigenvalue weighted by Crippen LogP contribution is -2.14. The SMILES string of the molecule is SN1C=CC=CC1Cl. The largest absolute Gasteiger partial charge is 0.305 e. The molecule has 0 spiro atoms. The second-order valence-corrected chi connectivity index (χ2v) is 2.39. The van der Waals surface area contributed by atoms with E-state index in [0.29, 0.717) is 0 Å². The highest BCUT2D eigenvalue weighted by Crippen LogP contribution is 2.12. The summed E-state index contributed by atoms with van der Waals surface area (Å²) in [5.41, 5.74) is -0.0941. The Kier molecular flexibility index (Phi) is 1.86. The van der Waals surface area contributed by atoms with Crippen molar-refractivity contribution in [1.29, 1.82) is 0 Å². The molecule has 1 aliphatic rings. The lowest BCUT2D eigenvalue weighted by Gasteiger charge is -2.17. The molecule has 1 unspecified atom stereocenters. The lowest BCUT2D eigenvalue weighted by atomic mass is 10.4. The van der Waals surface area contributed by atoms with E-state index in [4.69, 9.17) is 11.6 Å². The maximum atomic E-state index is 5.68. The van der Waals surface area contributed by atoms with Crippen molar-refractivity contribution in [3.8, 4) is 0 Å². The summed E-state index contributed by atoms with van der Waals surface area (Å²) in [5, 5.41) is 0. The van der Waals surface area contributed by atoms with E-state index in [1.807, 2.05) is 18.2 Å². The maximum absolute atomic E-state index is 5.68. The number of hydrogen-bond acceptors (Lipinski definition) is 2. The fourth-order valence-corrected chi connectivity index (χ4v) is 0.767. The Morgan fingerprint density at radius 1 is 1.50 bits per heavy atom. The zero-order valence-electron chi connectivity index (χ0n) is 4.16. The molecule has 1 nitrogen and oxygen atoms in total. The highest BCUT2D eigenvalue weighted by molar-refractivity contribution is 7.77. The summed E-state index contributed by atoms with van der Waals surface area (Å²) in [5.74, 6) is 0. The molecule has 8 heavy (non-hydrogen) atoms. The van der Waals surface area contributed by atoms with Crippen LogP contribution in [-0.4, -0.2) is 9.81 Å². The minimum atomic E-state index is -0.0941. The van der Waals surface area contributed by atoms with Gasteiger partial charge in [0.25, 0.3) is 0 Å². The summed E-state index contributed by atoms with van der Waals surface area (Å²) in [6.07, 6.45) is 7.44. The van der Waals surface area contributed by atoms with Crippen LogP contribution in [0, 0.1) is 0 Å². The van der Waals surface area contributed by atoms with Gasteiger partial charge in [-0.25, -0.2) is 0 Å². The summed E-state index contributed by atoms with van der Waals surface area (Å²) in [6, 6.07) is 0. The van der Waals surface area contributed by atoms with Crippen LogP contribution in [-0.2, 0) is 0 Å². The van der Waals surface area contributed by atoms with E-state index in [2.05, 4.69) is 12.8 Å². The van der Waals surface area contributed by atoms with Crippen molar-refractivity contribution in [3.63, 3.8) is 0 Å². The van der Waals surface area contributed by atoms with Gasteiger partial charge < -0.3 is 4.31 Å². The lowest BCUT2D eigenvalue weighted by molar-refractivity contribution is 0.648. The van der Waals surface area contributed by atoms with E-state index in [1.54, 1.807) is 10.5 Å². The van der Waals surface area contributed by atoms with Crippen LogP contribution in [0.15, 0.2) is 24.4 Å². The molecule has 0 aliphatic carbocycles. The van der Waals surface area contributed by atoms with E-state index in [1.165, 1.54) is 0 Å². The van der Waals surface area contributed by atoms with Gasteiger partial charge in [0.05, 0.1) is 0 Å². The standard InChI is InChI=1S/C5H6ClNS/c6-5-3-1-2-4-7(5)8/h1-5,8H. The molecule has 0 saturated carbocycles. The third-order valence-corrected chi connectivity index (χ3v) is 1.75. The second kappa shape index (κ2) is 2.46. The van der Waals surface area contributed by atoms with Crippen molar-refractivity contribution in [3.05, 3.63) is 24.4 Å². The van der Waals surface area contributed by atoms with Gasteiger partial charge in [-0.1, -0.05) is 30.5 Å². The molecular weight excluding hydrogens is 142 g/mol. The number of alkyl halides is 1. The van der Waals surface area contributed by atoms with Crippen molar-refractivity contribution in [1.82, 2.24) is 4.31 Å². The molecule has 0 saturated heterocycles. The van der Waals surface area contributed by atoms with E-state index in [9.17, 15) is 0 Å². The summed E-state index contributed by atoms with van der Waals surface area (Å²) in [4.78, 5) is 0. The quantitative estimate of drug-likeness (QED) is 0.311. The van der Waals surface area contributed by atoms with Crippen LogP contribution in [0.1, 0.15) is 0 Å². The molecule has 3 heteroatoms. The van der Waals surface area contributed by atoms with Crippen molar-refractivity contribution in [2.75, 3.05) is 0 Å². The Morgan fingerprint density at radius 3 is 2.62 bits per heavy atom. The summed E-state index contributed by atoms with van der Waals surface area (Å²) >= 11 is 9.70. The monoisotopic (exact) mass is 147 g/mol. The molecule has 0 fully saturated rings. The molecule has 44 valence electrons. The van der Waals surface area contributed by atoms with Crippen LogP contribution in [0.2, 0.25) is 0 Å². The van der Waals surface area contributed by atoms with E-state index >= 15 is 0 Å². The van der Waals surface area contributed by atoms with Crippen molar-refractivity contribution in [2.45, 2.75) is 5.50 Å². The third-order valence-electron chi connectivity index (χ3n) is 0.873. The molecule has 1 rings (SSSR count). The van der Waals surface area contributed by atoms with Gasteiger partial charge in [-0.2, -0.15) is 0 Å². The minimum Gasteiger partial charge on any atom is -0.305 e. The Labute approximate surface area is 59.2 Å². The predicted molar refractivity (Wildman–Crippen MR) is 38.7 cm³/mol. The number of allylic oxidation sites excluding steroid dienone is 2. The fourth-order valence-electron chi connectivity index (χ4n) is 0.464. The average Bonchev–Trinajstić information content (AvgIpc) is 1.77. The number of halogens is 1. The molecule has 0 radical (unpaired) electrons. The van der Waals surface area contributed by atoms with Gasteiger partial charge in [-0.15, -0.1) is 0 Å². The van der Waals surface area contributed by atoms with Crippen molar-refractivity contribution < 1.29 is 0 Å². The van der Waals surface area contributed by atoms with Crippen molar-refractivity contribution >= 4 is 24.4 Å².